The molecule has 152 valence electrons. The first-order valence-corrected chi connectivity index (χ1v) is 10.6. The average Bonchev–Trinajstić information content (AvgIpc) is 3.42. The second-order valence-corrected chi connectivity index (χ2v) is 8.92. The summed E-state index contributed by atoms with van der Waals surface area (Å²) in [5, 5.41) is 3.01. The Labute approximate surface area is 174 Å². The van der Waals surface area contributed by atoms with Crippen LogP contribution >= 0.6 is 0 Å². The smallest absolute Gasteiger partial charge is 0.250 e. The van der Waals surface area contributed by atoms with Crippen LogP contribution in [0.15, 0.2) is 42.5 Å². The number of fused-ring (bicyclic) bond motifs is 7. The van der Waals surface area contributed by atoms with Gasteiger partial charge in [0.1, 0.15) is 5.54 Å². The van der Waals surface area contributed by atoms with Gasteiger partial charge in [0.15, 0.2) is 0 Å². The average molecular weight is 401 g/mol. The molecule has 4 aliphatic heterocycles. The molecule has 4 heterocycles. The molecule has 4 aliphatic rings. The maximum Gasteiger partial charge on any atom is 0.250 e. The summed E-state index contributed by atoms with van der Waals surface area (Å²) < 4.78 is 0. The summed E-state index contributed by atoms with van der Waals surface area (Å²) in [6, 6.07) is 13.3. The predicted octanol–water partition coefficient (Wildman–Crippen LogP) is 2.73. The van der Waals surface area contributed by atoms with Gasteiger partial charge in [0.05, 0.1) is 17.5 Å². The van der Waals surface area contributed by atoms with E-state index in [1.165, 1.54) is 4.90 Å². The lowest BCUT2D eigenvalue weighted by Crippen LogP contribution is -2.54. The van der Waals surface area contributed by atoms with Crippen molar-refractivity contribution in [2.45, 2.75) is 38.3 Å². The number of carbonyl (C=O) groups is 3. The fourth-order valence-electron chi connectivity index (χ4n) is 6.54. The molecule has 2 aromatic carbocycles. The summed E-state index contributed by atoms with van der Waals surface area (Å²) >= 11 is 0. The minimum absolute atomic E-state index is 0.0855. The zero-order chi connectivity index (χ0) is 20.8. The third-order valence-electron chi connectivity index (χ3n) is 7.56. The van der Waals surface area contributed by atoms with Crippen LogP contribution in [0.2, 0.25) is 0 Å². The maximum absolute atomic E-state index is 13.9. The summed E-state index contributed by atoms with van der Waals surface area (Å²) in [7, 11) is 0. The highest BCUT2D eigenvalue weighted by Crippen LogP contribution is 2.60. The Morgan fingerprint density at radius 3 is 2.47 bits per heavy atom. The van der Waals surface area contributed by atoms with Crippen LogP contribution < -0.4 is 10.2 Å². The molecular formula is C24H23N3O3. The third kappa shape index (κ3) is 1.86. The van der Waals surface area contributed by atoms with Gasteiger partial charge in [-0.1, -0.05) is 36.4 Å². The lowest BCUT2D eigenvalue weighted by molar-refractivity contribution is -0.135. The molecule has 0 saturated carbocycles. The maximum atomic E-state index is 13.9. The Balaban J connectivity index is 1.58. The van der Waals surface area contributed by atoms with E-state index in [9.17, 15) is 14.4 Å². The van der Waals surface area contributed by atoms with Gasteiger partial charge >= 0.3 is 0 Å². The Morgan fingerprint density at radius 1 is 0.967 bits per heavy atom. The largest absolute Gasteiger partial charge is 0.324 e. The lowest BCUT2D eigenvalue weighted by atomic mass is 9.75. The monoisotopic (exact) mass is 401 g/mol. The second kappa shape index (κ2) is 5.79. The number of benzene rings is 2. The molecule has 3 saturated heterocycles. The number of amides is 3. The number of imide groups is 1. The van der Waals surface area contributed by atoms with Crippen molar-refractivity contribution < 1.29 is 14.4 Å². The van der Waals surface area contributed by atoms with Crippen LogP contribution in [0.25, 0.3) is 0 Å². The fraction of sp³-hybridized carbons (Fsp3) is 0.375. The first-order chi connectivity index (χ1) is 14.5. The van der Waals surface area contributed by atoms with Gasteiger partial charge in [0, 0.05) is 17.3 Å². The molecule has 30 heavy (non-hydrogen) atoms. The van der Waals surface area contributed by atoms with Gasteiger partial charge in [-0.2, -0.15) is 0 Å². The van der Waals surface area contributed by atoms with Crippen LogP contribution in [0.1, 0.15) is 29.5 Å². The molecule has 4 atom stereocenters. The van der Waals surface area contributed by atoms with Crippen LogP contribution in [0.3, 0.4) is 0 Å². The zero-order valence-corrected chi connectivity index (χ0v) is 17.0. The Morgan fingerprint density at radius 2 is 1.70 bits per heavy atom. The van der Waals surface area contributed by atoms with Crippen LogP contribution in [0, 0.1) is 25.7 Å². The molecular weight excluding hydrogens is 378 g/mol. The quantitative estimate of drug-likeness (QED) is 0.746. The molecule has 3 fully saturated rings. The number of para-hydroxylation sites is 2. The van der Waals surface area contributed by atoms with Crippen molar-refractivity contribution in [3.8, 4) is 0 Å². The highest BCUT2D eigenvalue weighted by Gasteiger charge is 2.74. The second-order valence-electron chi connectivity index (χ2n) is 8.92. The first kappa shape index (κ1) is 17.8. The van der Waals surface area contributed by atoms with Crippen molar-refractivity contribution in [3.63, 3.8) is 0 Å². The predicted molar refractivity (Wildman–Crippen MR) is 112 cm³/mol. The molecule has 0 aromatic heterocycles. The van der Waals surface area contributed by atoms with Crippen molar-refractivity contribution in [1.82, 2.24) is 4.90 Å². The van der Waals surface area contributed by atoms with E-state index < -0.39 is 17.4 Å². The molecule has 0 radical (unpaired) electrons. The number of rotatable bonds is 1. The van der Waals surface area contributed by atoms with Crippen molar-refractivity contribution in [2.24, 2.45) is 11.8 Å². The number of hydrogen-bond acceptors (Lipinski definition) is 4. The van der Waals surface area contributed by atoms with E-state index in [-0.39, 0.29) is 23.8 Å². The van der Waals surface area contributed by atoms with Gasteiger partial charge in [0.25, 0.3) is 0 Å². The number of carbonyl (C=O) groups excluding carboxylic acids is 3. The highest BCUT2D eigenvalue weighted by atomic mass is 16.2. The third-order valence-corrected chi connectivity index (χ3v) is 7.56. The SMILES string of the molecule is Cc1cccc(C)c1N1C(=O)[C@@H]2[C@@H](C1=O)[C@]1(C(=O)Nc3ccccc31)N1CCC[C@@H]21. The summed E-state index contributed by atoms with van der Waals surface area (Å²) in [4.78, 5) is 44.8. The summed E-state index contributed by atoms with van der Waals surface area (Å²) in [6.45, 7) is 4.57. The number of anilines is 2. The van der Waals surface area contributed by atoms with Crippen molar-refractivity contribution in [3.05, 3.63) is 59.2 Å². The molecule has 3 amide bonds. The molecule has 1 spiro atoms. The van der Waals surface area contributed by atoms with E-state index in [1.807, 2.05) is 56.3 Å². The molecule has 0 unspecified atom stereocenters. The van der Waals surface area contributed by atoms with Crippen molar-refractivity contribution in [2.75, 3.05) is 16.8 Å². The molecule has 2 aromatic rings. The van der Waals surface area contributed by atoms with E-state index in [4.69, 9.17) is 0 Å². The molecule has 1 N–H and O–H groups in total. The molecule has 0 bridgehead atoms. The number of hydrogen-bond donors (Lipinski definition) is 1. The zero-order valence-electron chi connectivity index (χ0n) is 17.0. The van der Waals surface area contributed by atoms with Crippen LogP contribution in [0.5, 0.6) is 0 Å². The summed E-state index contributed by atoms with van der Waals surface area (Å²) in [5.41, 5.74) is 2.95. The van der Waals surface area contributed by atoms with E-state index >= 15 is 0 Å². The lowest BCUT2D eigenvalue weighted by Gasteiger charge is -2.36. The molecule has 0 aliphatic carbocycles. The molecule has 6 rings (SSSR count). The first-order valence-electron chi connectivity index (χ1n) is 10.6. The number of nitrogens with zero attached hydrogens (tertiary/aromatic N) is 2. The topological polar surface area (TPSA) is 69.7 Å². The van der Waals surface area contributed by atoms with E-state index in [2.05, 4.69) is 10.2 Å². The number of aryl methyl sites for hydroxylation is 2. The molecule has 6 nitrogen and oxygen atoms in total. The van der Waals surface area contributed by atoms with Gasteiger partial charge in [-0.25, -0.2) is 4.90 Å². The van der Waals surface area contributed by atoms with E-state index in [0.29, 0.717) is 5.69 Å². The Bertz CT molecular complexity index is 1120. The van der Waals surface area contributed by atoms with Crippen molar-refractivity contribution in [1.29, 1.82) is 0 Å². The summed E-state index contributed by atoms with van der Waals surface area (Å²) in [6.07, 6.45) is 1.76. The minimum Gasteiger partial charge on any atom is -0.324 e. The Kier molecular flexibility index (Phi) is 3.44. The summed E-state index contributed by atoms with van der Waals surface area (Å²) in [5.74, 6) is -1.77. The molecule has 6 heteroatoms. The van der Waals surface area contributed by atoms with Gasteiger partial charge in [-0.3, -0.25) is 19.3 Å². The Hall–Kier alpha value is -2.99. The normalized spacial score (nSPS) is 32.0. The van der Waals surface area contributed by atoms with Crippen molar-refractivity contribution >= 4 is 29.1 Å². The number of nitrogens with one attached hydrogen (secondary N) is 1. The minimum atomic E-state index is -1.10. The van der Waals surface area contributed by atoms with Gasteiger partial charge < -0.3 is 5.32 Å². The van der Waals surface area contributed by atoms with E-state index in [0.717, 1.165) is 41.8 Å². The van der Waals surface area contributed by atoms with E-state index in [1.54, 1.807) is 0 Å². The standard InChI is InChI=1S/C24H23N3O3/c1-13-7-5-8-14(2)20(13)27-21(28)18-17-11-6-12-26(17)24(19(18)22(27)29)15-9-3-4-10-16(15)25-23(24)30/h3-5,7-10,17-19H,6,11-12H2,1-2H3,(H,25,30)/t17-,18-,19-,24+/m0/s1. The fourth-order valence-corrected chi connectivity index (χ4v) is 6.54. The van der Waals surface area contributed by atoms with Crippen LogP contribution in [-0.4, -0.2) is 35.2 Å². The van der Waals surface area contributed by atoms with Gasteiger partial charge in [-0.05, 0) is 50.4 Å². The van der Waals surface area contributed by atoms with Crippen LogP contribution in [0.4, 0.5) is 11.4 Å². The van der Waals surface area contributed by atoms with Gasteiger partial charge in [-0.15, -0.1) is 0 Å². The highest BCUT2D eigenvalue weighted by molar-refractivity contribution is 6.26. The van der Waals surface area contributed by atoms with Crippen LogP contribution in [-0.2, 0) is 19.9 Å². The van der Waals surface area contributed by atoms with Gasteiger partial charge in [0.2, 0.25) is 17.7 Å².